The van der Waals surface area contributed by atoms with Gasteiger partial charge < -0.3 is 49.1 Å². The largest absolute Gasteiger partial charge is 0.508 e. The quantitative estimate of drug-likeness (QED) is 0.0593. The Hall–Kier alpha value is -4.40. The van der Waals surface area contributed by atoms with Crippen molar-refractivity contribution in [1.82, 2.24) is 16.0 Å². The second-order valence-corrected chi connectivity index (χ2v) is 8.11. The maximum Gasteiger partial charge on any atom is 0.326 e. The number of carbonyl (C=O) groups excluding carboxylic acids is 4. The van der Waals surface area contributed by atoms with Crippen LogP contribution in [0.25, 0.3) is 0 Å². The van der Waals surface area contributed by atoms with Gasteiger partial charge in [0.2, 0.25) is 23.6 Å². The van der Waals surface area contributed by atoms with Gasteiger partial charge in [0.05, 0.1) is 6.54 Å². The molecule has 204 valence electrons. The van der Waals surface area contributed by atoms with Gasteiger partial charge in [-0.2, -0.15) is 0 Å². The molecular weight excluding hydrogens is 488 g/mol. The highest BCUT2D eigenvalue weighted by molar-refractivity contribution is 5.94. The Morgan fingerprint density at radius 1 is 0.865 bits per heavy atom. The molecule has 15 heteroatoms. The van der Waals surface area contributed by atoms with Crippen LogP contribution in [0.4, 0.5) is 0 Å². The molecule has 0 aliphatic heterocycles. The summed E-state index contributed by atoms with van der Waals surface area (Å²) >= 11 is 0. The number of nitrogens with one attached hydrogen (secondary N) is 3. The third-order valence-electron chi connectivity index (χ3n) is 5.09. The van der Waals surface area contributed by atoms with Crippen LogP contribution in [0.1, 0.15) is 31.2 Å². The molecule has 37 heavy (non-hydrogen) atoms. The molecule has 0 heterocycles. The molecule has 0 aromatic heterocycles. The summed E-state index contributed by atoms with van der Waals surface area (Å²) in [6, 6.07) is 2.06. The lowest BCUT2D eigenvalue weighted by atomic mass is 10.0. The summed E-state index contributed by atoms with van der Waals surface area (Å²) in [5.41, 5.74) is 21.6. The summed E-state index contributed by atoms with van der Waals surface area (Å²) in [7, 11) is 0. The van der Waals surface area contributed by atoms with Crippen LogP contribution < -0.4 is 38.9 Å². The third kappa shape index (κ3) is 12.2. The van der Waals surface area contributed by atoms with E-state index in [9.17, 15) is 34.2 Å². The summed E-state index contributed by atoms with van der Waals surface area (Å²) in [5.74, 6) is -4.49. The molecule has 0 bridgehead atoms. The van der Waals surface area contributed by atoms with Crippen LogP contribution in [0.5, 0.6) is 5.75 Å². The molecule has 0 aliphatic rings. The van der Waals surface area contributed by atoms with E-state index in [4.69, 9.17) is 22.9 Å². The number of nitrogens with two attached hydrogens (primary N) is 4. The van der Waals surface area contributed by atoms with Gasteiger partial charge in [0.25, 0.3) is 0 Å². The van der Waals surface area contributed by atoms with Crippen LogP contribution in [0, 0.1) is 0 Å². The number of carboxylic acid groups (broad SMARTS) is 1. The molecule has 13 N–H and O–H groups in total. The minimum atomic E-state index is -1.34. The summed E-state index contributed by atoms with van der Waals surface area (Å²) < 4.78 is 0. The highest BCUT2D eigenvalue weighted by Crippen LogP contribution is 2.12. The lowest BCUT2D eigenvalue weighted by molar-refractivity contribution is -0.142. The van der Waals surface area contributed by atoms with Gasteiger partial charge in [0.15, 0.2) is 5.96 Å². The number of aliphatic carboxylic acids is 1. The average Bonchev–Trinajstić information content (AvgIpc) is 2.83. The van der Waals surface area contributed by atoms with Crippen LogP contribution in [0.3, 0.4) is 0 Å². The van der Waals surface area contributed by atoms with Gasteiger partial charge >= 0.3 is 5.97 Å². The highest BCUT2D eigenvalue weighted by atomic mass is 16.4. The number of phenolic OH excluding ortho intramolecular Hbond substituents is 1. The smallest absolute Gasteiger partial charge is 0.326 e. The number of aliphatic imine (C=N–C) groups is 1. The fourth-order valence-corrected chi connectivity index (χ4v) is 3.19. The topological polar surface area (TPSA) is 278 Å². The fraction of sp³-hybridized carbons (Fsp3) is 0.455. The number of benzene rings is 1. The lowest BCUT2D eigenvalue weighted by Gasteiger charge is -2.24. The van der Waals surface area contributed by atoms with E-state index in [-0.39, 0.29) is 50.4 Å². The second kappa shape index (κ2) is 15.6. The van der Waals surface area contributed by atoms with Crippen molar-refractivity contribution in [3.63, 3.8) is 0 Å². The van der Waals surface area contributed by atoms with Crippen molar-refractivity contribution in [2.24, 2.45) is 27.9 Å². The first kappa shape index (κ1) is 30.6. The summed E-state index contributed by atoms with van der Waals surface area (Å²) in [4.78, 5) is 64.6. The number of rotatable bonds is 16. The number of hydrogen-bond acceptors (Lipinski definition) is 8. The van der Waals surface area contributed by atoms with E-state index < -0.39 is 54.3 Å². The molecule has 0 saturated heterocycles. The highest BCUT2D eigenvalue weighted by Gasteiger charge is 2.29. The van der Waals surface area contributed by atoms with Crippen LogP contribution >= 0.6 is 0 Å². The molecule has 1 aromatic carbocycles. The van der Waals surface area contributed by atoms with Gasteiger partial charge in [-0.1, -0.05) is 12.1 Å². The van der Waals surface area contributed by atoms with Crippen molar-refractivity contribution in [3.8, 4) is 5.75 Å². The molecule has 4 amide bonds. The molecule has 0 spiro atoms. The normalized spacial score (nSPS) is 12.9. The van der Waals surface area contributed by atoms with E-state index in [1.165, 1.54) is 12.1 Å². The van der Waals surface area contributed by atoms with E-state index in [0.717, 1.165) is 0 Å². The van der Waals surface area contributed by atoms with Gasteiger partial charge in [-0.05, 0) is 37.0 Å². The van der Waals surface area contributed by atoms with E-state index >= 15 is 0 Å². The van der Waals surface area contributed by atoms with Crippen LogP contribution in [-0.2, 0) is 30.4 Å². The molecule has 0 saturated carbocycles. The first-order valence-corrected chi connectivity index (χ1v) is 11.4. The van der Waals surface area contributed by atoms with E-state index in [0.29, 0.717) is 5.56 Å². The number of phenols is 1. The number of carboxylic acids is 1. The minimum absolute atomic E-state index is 0.00483. The monoisotopic (exact) mass is 522 g/mol. The van der Waals surface area contributed by atoms with E-state index in [2.05, 4.69) is 20.9 Å². The number of nitrogens with zero attached hydrogens (tertiary/aromatic N) is 1. The molecule has 15 nitrogen and oxygen atoms in total. The van der Waals surface area contributed by atoms with Gasteiger partial charge in [-0.3, -0.25) is 24.2 Å². The van der Waals surface area contributed by atoms with Gasteiger partial charge in [0.1, 0.15) is 23.9 Å². The van der Waals surface area contributed by atoms with Crippen molar-refractivity contribution >= 4 is 35.6 Å². The van der Waals surface area contributed by atoms with Crippen molar-refractivity contribution < 1.29 is 34.2 Å². The van der Waals surface area contributed by atoms with Crippen molar-refractivity contribution in [2.75, 3.05) is 13.1 Å². The average molecular weight is 523 g/mol. The zero-order chi connectivity index (χ0) is 28.0. The van der Waals surface area contributed by atoms with Crippen molar-refractivity contribution in [3.05, 3.63) is 29.8 Å². The Bertz CT molecular complexity index is 980. The van der Waals surface area contributed by atoms with Gasteiger partial charge in [-0.25, -0.2) is 4.79 Å². The maximum atomic E-state index is 13.1. The Kier molecular flexibility index (Phi) is 12.9. The summed E-state index contributed by atoms with van der Waals surface area (Å²) in [6.45, 7) is -0.255. The molecule has 0 aliphatic carbocycles. The maximum absolute atomic E-state index is 13.1. The van der Waals surface area contributed by atoms with Gasteiger partial charge in [0, 0.05) is 19.4 Å². The molecule has 0 radical (unpaired) electrons. The Balaban J connectivity index is 3.02. The first-order chi connectivity index (χ1) is 17.4. The number of primary amides is 1. The number of carbonyl (C=O) groups is 5. The predicted octanol–water partition coefficient (Wildman–Crippen LogP) is -3.25. The fourth-order valence-electron chi connectivity index (χ4n) is 3.19. The molecule has 1 rings (SSSR count). The molecular formula is C22H34N8O7. The second-order valence-electron chi connectivity index (χ2n) is 8.11. The Labute approximate surface area is 213 Å². The zero-order valence-electron chi connectivity index (χ0n) is 20.2. The van der Waals surface area contributed by atoms with Crippen molar-refractivity contribution in [1.29, 1.82) is 0 Å². The predicted molar refractivity (Wildman–Crippen MR) is 133 cm³/mol. The number of aromatic hydroxyl groups is 1. The number of guanidine groups is 1. The third-order valence-corrected chi connectivity index (χ3v) is 5.09. The summed E-state index contributed by atoms with van der Waals surface area (Å²) in [5, 5.41) is 26.2. The summed E-state index contributed by atoms with van der Waals surface area (Å²) in [6.07, 6.45) is -0.273. The number of hydrogen-bond donors (Lipinski definition) is 9. The molecule has 3 unspecified atom stereocenters. The lowest BCUT2D eigenvalue weighted by Crippen LogP contribution is -2.56. The van der Waals surface area contributed by atoms with Crippen molar-refractivity contribution in [2.45, 2.75) is 50.2 Å². The minimum Gasteiger partial charge on any atom is -0.508 e. The SMILES string of the molecule is NCC(=O)NC(Cc1ccc(O)cc1)C(=O)NC(CCC(N)=O)C(=O)NC(CCCN=C(N)N)C(=O)O. The zero-order valence-corrected chi connectivity index (χ0v) is 20.2. The van der Waals surface area contributed by atoms with Crippen LogP contribution in [0.15, 0.2) is 29.3 Å². The number of amides is 4. The van der Waals surface area contributed by atoms with Crippen LogP contribution in [-0.4, -0.2) is 77.0 Å². The van der Waals surface area contributed by atoms with E-state index in [1.807, 2.05) is 0 Å². The Morgan fingerprint density at radius 2 is 1.46 bits per heavy atom. The molecule has 1 aromatic rings. The first-order valence-electron chi connectivity index (χ1n) is 11.4. The molecule has 3 atom stereocenters. The van der Waals surface area contributed by atoms with Crippen LogP contribution in [0.2, 0.25) is 0 Å². The standard InChI is InChI=1S/C22H34N8O7/c23-11-18(33)28-16(10-12-3-5-13(31)6-4-12)20(35)29-14(7-8-17(24)32)19(34)30-15(21(36)37)2-1-9-27-22(25)26/h3-6,14-16,31H,1-2,7-11,23H2,(H2,24,32)(H,28,33)(H,29,35)(H,30,34)(H,36,37)(H4,25,26,27). The van der Waals surface area contributed by atoms with E-state index in [1.54, 1.807) is 12.1 Å². The molecule has 0 fully saturated rings. The van der Waals surface area contributed by atoms with Gasteiger partial charge in [-0.15, -0.1) is 0 Å². The Morgan fingerprint density at radius 3 is 2.00 bits per heavy atom.